The number of ether oxygens (including phenoxy) is 1. The van der Waals surface area contributed by atoms with E-state index in [9.17, 15) is 14.4 Å². The molecule has 3 fully saturated rings. The normalized spacial score (nSPS) is 31.8. The molecular weight excluding hydrogens is 564 g/mol. The summed E-state index contributed by atoms with van der Waals surface area (Å²) >= 11 is 0. The molecule has 3 heterocycles. The first-order valence-corrected chi connectivity index (χ1v) is 16.7. The van der Waals surface area contributed by atoms with Crippen molar-refractivity contribution in [3.63, 3.8) is 0 Å². The molecule has 1 aliphatic carbocycles. The Morgan fingerprint density at radius 1 is 1.04 bits per heavy atom. The Morgan fingerprint density at radius 3 is 2.58 bits per heavy atom. The van der Waals surface area contributed by atoms with Crippen LogP contribution < -0.4 is 10.6 Å². The molecule has 0 radical (unpaired) electrons. The van der Waals surface area contributed by atoms with E-state index in [-0.39, 0.29) is 23.8 Å². The van der Waals surface area contributed by atoms with E-state index in [1.54, 1.807) is 4.90 Å². The number of hydrogen-bond acceptors (Lipinski definition) is 5. The molecule has 45 heavy (non-hydrogen) atoms. The number of fused-ring (bicyclic) bond motifs is 1. The smallest absolute Gasteiger partial charge is 0.246 e. The lowest BCUT2D eigenvalue weighted by atomic mass is 9.73. The van der Waals surface area contributed by atoms with Crippen LogP contribution in [0.1, 0.15) is 56.2 Å². The predicted molar refractivity (Wildman–Crippen MR) is 175 cm³/mol. The third kappa shape index (κ3) is 5.95. The zero-order valence-corrected chi connectivity index (χ0v) is 27.3. The maximum Gasteiger partial charge on any atom is 0.246 e. The van der Waals surface area contributed by atoms with Gasteiger partial charge in [-0.2, -0.15) is 0 Å². The number of rotatable bonds is 10. The third-order valence-electron chi connectivity index (χ3n) is 11.0. The topological polar surface area (TPSA) is 91.0 Å². The maximum atomic E-state index is 14.4. The standard InChI is InChI=1S/C37H48N4O4/c1-23-15-16-28(21-25(23)3)38-34(42)31-30-17-18-37(45-30)32(31)36(44)41(20-10-19-40(5)22-27-12-7-6-8-13-27)33(37)35(43)39-29-14-9-11-24(2)26(29)4/h6-8,12-13,15-18,21,24,26,29-33H,9-11,14,19-20,22H2,1-5H3,(H,38,42)(H,39,43)/t24-,26+,29+,30+,31-,32+,33+,37+/m0/s1. The average Bonchev–Trinajstić information content (AvgIpc) is 3.65. The first-order valence-electron chi connectivity index (χ1n) is 16.7. The van der Waals surface area contributed by atoms with Gasteiger partial charge in [0.25, 0.3) is 0 Å². The minimum absolute atomic E-state index is 0.0529. The lowest BCUT2D eigenvalue weighted by Crippen LogP contribution is -2.58. The summed E-state index contributed by atoms with van der Waals surface area (Å²) in [5.41, 5.74) is 2.99. The van der Waals surface area contributed by atoms with E-state index >= 15 is 0 Å². The lowest BCUT2D eigenvalue weighted by molar-refractivity contribution is -0.141. The van der Waals surface area contributed by atoms with Crippen LogP contribution in [0.2, 0.25) is 0 Å². The van der Waals surface area contributed by atoms with Crippen LogP contribution in [0.15, 0.2) is 60.7 Å². The number of anilines is 1. The molecule has 3 aliphatic heterocycles. The molecule has 4 aliphatic rings. The highest BCUT2D eigenvalue weighted by Gasteiger charge is 2.72. The van der Waals surface area contributed by atoms with Gasteiger partial charge >= 0.3 is 0 Å². The molecule has 2 bridgehead atoms. The van der Waals surface area contributed by atoms with Gasteiger partial charge in [0.15, 0.2) is 0 Å². The zero-order valence-electron chi connectivity index (χ0n) is 27.3. The number of aryl methyl sites for hydroxylation is 2. The zero-order chi connectivity index (χ0) is 31.9. The van der Waals surface area contributed by atoms with Gasteiger partial charge in [-0.15, -0.1) is 0 Å². The van der Waals surface area contributed by atoms with Gasteiger partial charge < -0.3 is 25.2 Å². The number of hydrogen-bond donors (Lipinski definition) is 2. The Bertz CT molecular complexity index is 1460. The molecule has 2 N–H and O–H groups in total. The fourth-order valence-corrected chi connectivity index (χ4v) is 8.09. The summed E-state index contributed by atoms with van der Waals surface area (Å²) in [5.74, 6) is -1.17. The Kier molecular flexibility index (Phi) is 8.90. The van der Waals surface area contributed by atoms with Crippen LogP contribution in [0, 0.1) is 37.5 Å². The summed E-state index contributed by atoms with van der Waals surface area (Å²) in [6.07, 6.45) is 7.10. The van der Waals surface area contributed by atoms with E-state index in [1.807, 2.05) is 62.4 Å². The SMILES string of the molecule is Cc1ccc(NC(=O)[C@H]2[C@H]3C=C[C@@]4(O3)[C@H]2C(=O)N(CCCN(C)Cc2ccccc2)[C@@H]4C(=O)N[C@@H]2CCC[C@H](C)[C@H]2C)cc1C. The number of amides is 3. The van der Waals surface area contributed by atoms with E-state index in [4.69, 9.17) is 4.74 Å². The quantitative estimate of drug-likeness (QED) is 0.375. The number of benzene rings is 2. The first-order chi connectivity index (χ1) is 21.6. The van der Waals surface area contributed by atoms with Gasteiger partial charge in [-0.25, -0.2) is 0 Å². The minimum atomic E-state index is -1.16. The molecule has 6 rings (SSSR count). The van der Waals surface area contributed by atoms with Gasteiger partial charge in [-0.05, 0) is 80.9 Å². The summed E-state index contributed by atoms with van der Waals surface area (Å²) in [6, 6.07) is 15.4. The maximum absolute atomic E-state index is 14.4. The van der Waals surface area contributed by atoms with Crippen LogP contribution in [0.3, 0.4) is 0 Å². The van der Waals surface area contributed by atoms with Crippen LogP contribution in [0.25, 0.3) is 0 Å². The van der Waals surface area contributed by atoms with E-state index in [2.05, 4.69) is 48.6 Å². The summed E-state index contributed by atoms with van der Waals surface area (Å²) in [4.78, 5) is 46.4. The highest BCUT2D eigenvalue weighted by molar-refractivity contribution is 6.02. The van der Waals surface area contributed by atoms with Gasteiger partial charge in [-0.3, -0.25) is 14.4 Å². The van der Waals surface area contributed by atoms with Crippen molar-refractivity contribution in [2.45, 2.75) is 83.7 Å². The van der Waals surface area contributed by atoms with Crippen molar-refractivity contribution in [3.8, 4) is 0 Å². The molecule has 8 nitrogen and oxygen atoms in total. The molecule has 0 aromatic heterocycles. The van der Waals surface area contributed by atoms with E-state index in [0.717, 1.165) is 43.5 Å². The Labute approximate surface area is 267 Å². The highest BCUT2D eigenvalue weighted by atomic mass is 16.5. The second-order valence-corrected chi connectivity index (χ2v) is 14.0. The third-order valence-corrected chi connectivity index (χ3v) is 11.0. The van der Waals surface area contributed by atoms with E-state index in [0.29, 0.717) is 30.5 Å². The Balaban J connectivity index is 1.23. The Morgan fingerprint density at radius 2 is 1.82 bits per heavy atom. The average molecular weight is 613 g/mol. The molecule has 3 amide bonds. The van der Waals surface area contributed by atoms with Crippen LogP contribution >= 0.6 is 0 Å². The van der Waals surface area contributed by atoms with Gasteiger partial charge in [-0.1, -0.05) is 75.2 Å². The number of nitrogens with one attached hydrogen (secondary N) is 2. The molecule has 1 saturated carbocycles. The second kappa shape index (κ2) is 12.7. The Hall–Kier alpha value is -3.49. The molecule has 8 atom stereocenters. The summed E-state index contributed by atoms with van der Waals surface area (Å²) < 4.78 is 6.57. The molecule has 1 spiro atoms. The van der Waals surface area contributed by atoms with Crippen molar-refractivity contribution >= 4 is 23.4 Å². The molecule has 2 aromatic carbocycles. The molecule has 2 saturated heterocycles. The van der Waals surface area contributed by atoms with Crippen molar-refractivity contribution in [2.24, 2.45) is 23.7 Å². The van der Waals surface area contributed by atoms with E-state index < -0.39 is 29.6 Å². The molecule has 8 heteroatoms. The predicted octanol–water partition coefficient (Wildman–Crippen LogP) is 4.86. The van der Waals surface area contributed by atoms with Crippen molar-refractivity contribution in [1.29, 1.82) is 0 Å². The summed E-state index contributed by atoms with van der Waals surface area (Å²) in [7, 11) is 2.07. The van der Waals surface area contributed by atoms with Crippen LogP contribution in [0.4, 0.5) is 5.69 Å². The number of likely N-dealkylation sites (tertiary alicyclic amines) is 1. The largest absolute Gasteiger partial charge is 0.359 e. The number of nitrogens with zero attached hydrogens (tertiary/aromatic N) is 2. The molecule has 2 aromatic rings. The minimum Gasteiger partial charge on any atom is -0.359 e. The first kappa shape index (κ1) is 31.5. The van der Waals surface area contributed by atoms with Crippen molar-refractivity contribution in [3.05, 3.63) is 77.4 Å². The number of carbonyl (C=O) groups excluding carboxylic acids is 3. The second-order valence-electron chi connectivity index (χ2n) is 14.0. The number of carbonyl (C=O) groups is 3. The molecular formula is C37H48N4O4. The summed E-state index contributed by atoms with van der Waals surface area (Å²) in [6.45, 7) is 10.5. The monoisotopic (exact) mass is 612 g/mol. The highest BCUT2D eigenvalue weighted by Crippen LogP contribution is 2.55. The van der Waals surface area contributed by atoms with Crippen LogP contribution in [-0.2, 0) is 25.7 Å². The van der Waals surface area contributed by atoms with Crippen molar-refractivity contribution < 1.29 is 19.1 Å². The van der Waals surface area contributed by atoms with Gasteiger partial charge in [0.1, 0.15) is 11.6 Å². The van der Waals surface area contributed by atoms with Gasteiger partial charge in [0.2, 0.25) is 17.7 Å². The van der Waals surface area contributed by atoms with Crippen LogP contribution in [0.5, 0.6) is 0 Å². The fraction of sp³-hybridized carbons (Fsp3) is 0.541. The summed E-state index contributed by atoms with van der Waals surface area (Å²) in [5, 5.41) is 6.40. The van der Waals surface area contributed by atoms with Gasteiger partial charge in [0.05, 0.1) is 17.9 Å². The van der Waals surface area contributed by atoms with E-state index in [1.165, 1.54) is 5.56 Å². The van der Waals surface area contributed by atoms with Crippen molar-refractivity contribution in [2.75, 3.05) is 25.5 Å². The molecule has 0 unspecified atom stereocenters. The fourth-order valence-electron chi connectivity index (χ4n) is 8.09. The van der Waals surface area contributed by atoms with Crippen LogP contribution in [-0.4, -0.2) is 71.4 Å². The lowest BCUT2D eigenvalue weighted by Gasteiger charge is -2.38. The van der Waals surface area contributed by atoms with Crippen molar-refractivity contribution in [1.82, 2.24) is 15.1 Å². The molecule has 240 valence electrons. The van der Waals surface area contributed by atoms with Gasteiger partial charge in [0, 0.05) is 24.8 Å².